The molecule has 4 N–H and O–H groups in total. The quantitative estimate of drug-likeness (QED) is 0.0857. The van der Waals surface area contributed by atoms with Gasteiger partial charge in [-0.15, -0.1) is 0 Å². The number of anilines is 2. The second-order valence-corrected chi connectivity index (χ2v) is 18.6. The van der Waals surface area contributed by atoms with E-state index >= 15 is 0 Å². The lowest BCUT2D eigenvalue weighted by Gasteiger charge is -2.23. The van der Waals surface area contributed by atoms with E-state index in [1.807, 2.05) is 167 Å². The molecule has 0 fully saturated rings. The third kappa shape index (κ3) is 9.94. The van der Waals surface area contributed by atoms with Crippen molar-refractivity contribution in [1.82, 2.24) is 10.6 Å². The zero-order valence-electron chi connectivity index (χ0n) is 42.8. The Balaban J connectivity index is 1.19. The molecule has 0 aliphatic heterocycles. The van der Waals surface area contributed by atoms with Crippen molar-refractivity contribution in [1.29, 1.82) is 0 Å². The van der Waals surface area contributed by atoms with E-state index in [9.17, 15) is 19.2 Å². The normalized spacial score (nSPS) is 11.9. The molecule has 0 spiro atoms. The van der Waals surface area contributed by atoms with E-state index in [0.717, 1.165) is 71.6 Å². The highest BCUT2D eigenvalue weighted by atomic mass is 16.5. The number of methoxy groups -OCH3 is 2. The van der Waals surface area contributed by atoms with Gasteiger partial charge in [-0.1, -0.05) is 146 Å². The fourth-order valence-electron chi connectivity index (χ4n) is 10.2. The lowest BCUT2D eigenvalue weighted by atomic mass is 9.85. The average Bonchev–Trinajstić information content (AvgIpc) is 3.40. The maximum absolute atomic E-state index is 13.8. The van der Waals surface area contributed by atoms with Gasteiger partial charge in [0.2, 0.25) is 11.8 Å². The van der Waals surface area contributed by atoms with Crippen LogP contribution in [0.3, 0.4) is 0 Å². The van der Waals surface area contributed by atoms with E-state index in [4.69, 9.17) is 9.47 Å². The third-order valence-electron chi connectivity index (χ3n) is 13.6. The van der Waals surface area contributed by atoms with Crippen LogP contribution >= 0.6 is 0 Å². The molecule has 0 aromatic heterocycles. The summed E-state index contributed by atoms with van der Waals surface area (Å²) in [6.45, 7) is 10.9. The molecule has 0 radical (unpaired) electrons. The van der Waals surface area contributed by atoms with Crippen LogP contribution < -0.4 is 30.7 Å². The van der Waals surface area contributed by atoms with Crippen molar-refractivity contribution >= 4 is 56.5 Å². The van der Waals surface area contributed by atoms with Crippen molar-refractivity contribution in [3.8, 4) is 56.0 Å². The van der Waals surface area contributed by atoms with E-state index < -0.39 is 0 Å². The van der Waals surface area contributed by atoms with Gasteiger partial charge < -0.3 is 30.7 Å². The molecule has 9 aromatic rings. The van der Waals surface area contributed by atoms with Gasteiger partial charge >= 0.3 is 0 Å². The Morgan fingerprint density at radius 2 is 0.784 bits per heavy atom. The van der Waals surface area contributed by atoms with Crippen LogP contribution in [0.5, 0.6) is 11.5 Å². The van der Waals surface area contributed by atoms with Crippen molar-refractivity contribution < 1.29 is 28.7 Å². The number of ether oxygens (including phenoxy) is 2. The van der Waals surface area contributed by atoms with Crippen LogP contribution in [0.1, 0.15) is 82.7 Å². The van der Waals surface area contributed by atoms with E-state index in [1.54, 1.807) is 26.4 Å². The third-order valence-corrected chi connectivity index (χ3v) is 13.6. The maximum atomic E-state index is 13.8. The average molecular weight is 979 g/mol. The molecule has 0 bridgehead atoms. The van der Waals surface area contributed by atoms with Crippen LogP contribution in [0.4, 0.5) is 11.4 Å². The predicted molar refractivity (Wildman–Crippen MR) is 299 cm³/mol. The number of aryl methyl sites for hydroxylation is 2. The molecule has 0 saturated heterocycles. The molecule has 2 atom stereocenters. The fraction of sp³-hybridized carbons (Fsp3) is 0.156. The molecular weight excluding hydrogens is 921 g/mol. The summed E-state index contributed by atoms with van der Waals surface area (Å²) in [5.74, 6) is -0.258. The number of carbonyl (C=O) groups excluding carboxylic acids is 4. The molecule has 0 heterocycles. The van der Waals surface area contributed by atoms with Crippen molar-refractivity contribution in [3.63, 3.8) is 0 Å². The summed E-state index contributed by atoms with van der Waals surface area (Å²) in [6, 6.07) is 54.7. The number of nitrogens with one attached hydrogen (secondary N) is 4. The largest absolute Gasteiger partial charge is 0.496 e. The van der Waals surface area contributed by atoms with Gasteiger partial charge in [0.25, 0.3) is 11.8 Å². The smallest absolute Gasteiger partial charge is 0.252 e. The summed E-state index contributed by atoms with van der Waals surface area (Å²) < 4.78 is 12.2. The Morgan fingerprint density at radius 1 is 0.419 bits per heavy atom. The molecule has 370 valence electrons. The van der Waals surface area contributed by atoms with Crippen LogP contribution in [0.25, 0.3) is 66.1 Å². The number of hydrogen-bond donors (Lipinski definition) is 4. The Labute approximate surface area is 431 Å². The molecule has 2 unspecified atom stereocenters. The molecular formula is C64H58N4O6. The van der Waals surface area contributed by atoms with Gasteiger partial charge in [-0.05, 0) is 124 Å². The van der Waals surface area contributed by atoms with E-state index in [2.05, 4.69) is 39.5 Å². The van der Waals surface area contributed by atoms with Crippen LogP contribution in [-0.2, 0) is 9.59 Å². The zero-order valence-corrected chi connectivity index (χ0v) is 42.8. The highest BCUT2D eigenvalue weighted by molar-refractivity contribution is 6.17. The van der Waals surface area contributed by atoms with E-state index in [-0.39, 0.29) is 35.7 Å². The summed E-state index contributed by atoms with van der Waals surface area (Å²) in [4.78, 5) is 54.4. The second-order valence-electron chi connectivity index (χ2n) is 18.6. The minimum absolute atomic E-state index is 0.161. The summed E-state index contributed by atoms with van der Waals surface area (Å²) >= 11 is 0. The monoisotopic (exact) mass is 978 g/mol. The topological polar surface area (TPSA) is 135 Å². The summed E-state index contributed by atoms with van der Waals surface area (Å²) in [6.07, 6.45) is 0. The molecule has 0 aliphatic rings. The summed E-state index contributed by atoms with van der Waals surface area (Å²) in [7, 11) is 3.13. The van der Waals surface area contributed by atoms with Gasteiger partial charge in [-0.25, -0.2) is 0 Å². The van der Waals surface area contributed by atoms with Gasteiger partial charge in [-0.3, -0.25) is 19.2 Å². The van der Waals surface area contributed by atoms with Crippen molar-refractivity contribution in [2.75, 3.05) is 24.9 Å². The Bertz CT molecular complexity index is 3590. The Morgan fingerprint density at radius 3 is 1.16 bits per heavy atom. The SMILES string of the molecule is COc1cc(C(=O)NC(C)c2ccccc2)cc(OC)c1-c1cccc2cccc(-c3ccc(-c4cccc5cccc(-c6c(C)cc(C(=O)NC(C)c7ccccc7)cc6C)c45)c(NC(C)=O)c3NC(C)=O)c12. The minimum atomic E-state index is -0.332. The number of hydrogen-bond acceptors (Lipinski definition) is 6. The molecule has 9 rings (SSSR count). The van der Waals surface area contributed by atoms with Crippen LogP contribution in [0.15, 0.2) is 170 Å². The lowest BCUT2D eigenvalue weighted by molar-refractivity contribution is -0.115. The molecule has 10 heteroatoms. The van der Waals surface area contributed by atoms with E-state index in [1.165, 1.54) is 13.8 Å². The van der Waals surface area contributed by atoms with Gasteiger partial charge in [-0.2, -0.15) is 0 Å². The molecule has 74 heavy (non-hydrogen) atoms. The van der Waals surface area contributed by atoms with Crippen LogP contribution in [0.2, 0.25) is 0 Å². The first-order valence-electron chi connectivity index (χ1n) is 24.6. The van der Waals surface area contributed by atoms with E-state index in [0.29, 0.717) is 50.7 Å². The highest BCUT2D eigenvalue weighted by Crippen LogP contribution is 2.50. The maximum Gasteiger partial charge on any atom is 0.252 e. The number of carbonyl (C=O) groups is 4. The molecule has 4 amide bonds. The molecule has 10 nitrogen and oxygen atoms in total. The summed E-state index contributed by atoms with van der Waals surface area (Å²) in [5, 5.41) is 16.2. The number of amides is 4. The first-order valence-corrected chi connectivity index (χ1v) is 24.6. The molecule has 0 saturated carbocycles. The summed E-state index contributed by atoms with van der Waals surface area (Å²) in [5.41, 5.74) is 11.9. The van der Waals surface area contributed by atoms with Gasteiger partial charge in [0.1, 0.15) is 11.5 Å². The molecule has 0 aliphatic carbocycles. The lowest BCUT2D eigenvalue weighted by Crippen LogP contribution is -2.26. The Kier molecular flexibility index (Phi) is 14.4. The van der Waals surface area contributed by atoms with Crippen molar-refractivity contribution in [2.24, 2.45) is 0 Å². The number of rotatable bonds is 14. The number of benzene rings is 9. The minimum Gasteiger partial charge on any atom is -0.496 e. The fourth-order valence-corrected chi connectivity index (χ4v) is 10.2. The van der Waals surface area contributed by atoms with Gasteiger partial charge in [0.15, 0.2) is 0 Å². The highest BCUT2D eigenvalue weighted by Gasteiger charge is 2.26. The second kappa shape index (κ2) is 21.4. The van der Waals surface area contributed by atoms with Crippen LogP contribution in [-0.4, -0.2) is 37.8 Å². The molecule has 9 aromatic carbocycles. The van der Waals surface area contributed by atoms with Crippen molar-refractivity contribution in [2.45, 2.75) is 53.6 Å². The first kappa shape index (κ1) is 49.9. The predicted octanol–water partition coefficient (Wildman–Crippen LogP) is 14.2. The van der Waals surface area contributed by atoms with Crippen molar-refractivity contribution in [3.05, 3.63) is 203 Å². The van der Waals surface area contributed by atoms with Crippen LogP contribution in [0, 0.1) is 13.8 Å². The first-order chi connectivity index (χ1) is 35.8. The van der Waals surface area contributed by atoms with Gasteiger partial charge in [0.05, 0.1) is 43.2 Å². The standard InChI is InChI=1S/C64H58N4O6/c1-37-33-47(63(71)65-39(3)43-19-11-9-12-20-43)34-38(2)57(37)53-29-17-25-45-23-15-27-49(58(45)53)51-31-32-52(62(68-42(6)70)61(51)67-41(5)69)50-28-16-24-46-26-18-30-54(59(46)50)60-55(73-7)35-48(36-56(60)74-8)64(72)66-40(4)44-21-13-10-14-22-44/h9-36,39-40H,1-8H3,(H,65,71)(H,66,72)(H,67,69)(H,68,70). The van der Waals surface area contributed by atoms with Gasteiger partial charge in [0, 0.05) is 36.1 Å². The number of fused-ring (bicyclic) bond motifs is 2. The zero-order chi connectivity index (χ0) is 52.2. The Hall–Kier alpha value is -9.02.